The van der Waals surface area contributed by atoms with Gasteiger partial charge in [0, 0.05) is 31.7 Å². The number of benzene rings is 1. The molecule has 1 atom stereocenters. The minimum Gasteiger partial charge on any atom is -0.508 e. The molecular formula is C15H24N2O2. The van der Waals surface area contributed by atoms with Crippen molar-refractivity contribution in [2.75, 3.05) is 26.3 Å². The summed E-state index contributed by atoms with van der Waals surface area (Å²) < 4.78 is 5.58. The SMILES string of the molecule is CC(C)NCC1COCCN1Cc1cccc(O)c1. The Morgan fingerprint density at radius 1 is 1.47 bits per heavy atom. The standard InChI is InChI=1S/C15H24N2O2/c1-12(2)16-9-14-11-19-7-6-17(14)10-13-4-3-5-15(18)8-13/h3-5,8,12,14,16,18H,6-7,9-11H2,1-2H3. The van der Waals surface area contributed by atoms with E-state index in [9.17, 15) is 5.11 Å². The minimum absolute atomic E-state index is 0.336. The first-order chi connectivity index (χ1) is 9.15. The second-order valence-corrected chi connectivity index (χ2v) is 5.43. The second-order valence-electron chi connectivity index (χ2n) is 5.43. The van der Waals surface area contributed by atoms with E-state index in [0.717, 1.165) is 38.4 Å². The molecule has 0 aliphatic carbocycles. The maximum atomic E-state index is 9.53. The van der Waals surface area contributed by atoms with Crippen molar-refractivity contribution in [1.82, 2.24) is 10.2 Å². The molecule has 0 aromatic heterocycles. The fraction of sp³-hybridized carbons (Fsp3) is 0.600. The van der Waals surface area contributed by atoms with Gasteiger partial charge < -0.3 is 15.2 Å². The Morgan fingerprint density at radius 2 is 2.32 bits per heavy atom. The fourth-order valence-corrected chi connectivity index (χ4v) is 2.35. The predicted molar refractivity (Wildman–Crippen MR) is 76.3 cm³/mol. The van der Waals surface area contributed by atoms with E-state index >= 15 is 0 Å². The highest BCUT2D eigenvalue weighted by Crippen LogP contribution is 2.16. The maximum Gasteiger partial charge on any atom is 0.115 e. The summed E-state index contributed by atoms with van der Waals surface area (Å²) in [7, 11) is 0. The number of nitrogens with zero attached hydrogens (tertiary/aromatic N) is 1. The molecule has 19 heavy (non-hydrogen) atoms. The normalized spacial score (nSPS) is 20.9. The molecule has 0 saturated carbocycles. The number of phenolic OH excluding ortho intramolecular Hbond substituents is 1. The molecule has 2 N–H and O–H groups in total. The summed E-state index contributed by atoms with van der Waals surface area (Å²) in [5.41, 5.74) is 1.15. The highest BCUT2D eigenvalue weighted by molar-refractivity contribution is 5.27. The summed E-state index contributed by atoms with van der Waals surface area (Å²) in [6.45, 7) is 8.63. The first kappa shape index (κ1) is 14.3. The van der Waals surface area contributed by atoms with E-state index in [2.05, 4.69) is 30.1 Å². The van der Waals surface area contributed by atoms with Gasteiger partial charge in [-0.15, -0.1) is 0 Å². The fourth-order valence-electron chi connectivity index (χ4n) is 2.35. The molecule has 106 valence electrons. The molecule has 1 aromatic carbocycles. The number of nitrogens with one attached hydrogen (secondary N) is 1. The zero-order valence-corrected chi connectivity index (χ0v) is 11.8. The topological polar surface area (TPSA) is 44.7 Å². The van der Waals surface area contributed by atoms with Crippen LogP contribution in [0.2, 0.25) is 0 Å². The van der Waals surface area contributed by atoms with Crippen LogP contribution in [0.1, 0.15) is 19.4 Å². The smallest absolute Gasteiger partial charge is 0.115 e. The Labute approximate surface area is 115 Å². The lowest BCUT2D eigenvalue weighted by atomic mass is 10.1. The highest BCUT2D eigenvalue weighted by Gasteiger charge is 2.22. The number of rotatable bonds is 5. The Balaban J connectivity index is 1.95. The van der Waals surface area contributed by atoms with Crippen LogP contribution in [0.3, 0.4) is 0 Å². The molecule has 1 unspecified atom stereocenters. The molecule has 0 spiro atoms. The molecule has 1 fully saturated rings. The van der Waals surface area contributed by atoms with Crippen molar-refractivity contribution in [3.05, 3.63) is 29.8 Å². The van der Waals surface area contributed by atoms with Gasteiger partial charge in [-0.2, -0.15) is 0 Å². The third kappa shape index (κ3) is 4.49. The lowest BCUT2D eigenvalue weighted by molar-refractivity contribution is -0.0115. The van der Waals surface area contributed by atoms with Gasteiger partial charge in [-0.25, -0.2) is 0 Å². The minimum atomic E-state index is 0.336. The molecule has 1 aromatic rings. The van der Waals surface area contributed by atoms with E-state index in [1.165, 1.54) is 0 Å². The second kappa shape index (κ2) is 6.89. The van der Waals surface area contributed by atoms with E-state index in [1.807, 2.05) is 12.1 Å². The van der Waals surface area contributed by atoms with Gasteiger partial charge in [0.25, 0.3) is 0 Å². The number of hydrogen-bond acceptors (Lipinski definition) is 4. The van der Waals surface area contributed by atoms with Crippen LogP contribution in [0.25, 0.3) is 0 Å². The zero-order chi connectivity index (χ0) is 13.7. The van der Waals surface area contributed by atoms with Crippen LogP contribution in [0, 0.1) is 0 Å². The van der Waals surface area contributed by atoms with Crippen molar-refractivity contribution < 1.29 is 9.84 Å². The van der Waals surface area contributed by atoms with Gasteiger partial charge in [0.15, 0.2) is 0 Å². The first-order valence-electron chi connectivity index (χ1n) is 6.98. The van der Waals surface area contributed by atoms with Crippen LogP contribution in [-0.2, 0) is 11.3 Å². The van der Waals surface area contributed by atoms with Crippen molar-refractivity contribution in [3.8, 4) is 5.75 Å². The average Bonchev–Trinajstić information content (AvgIpc) is 2.38. The molecular weight excluding hydrogens is 240 g/mol. The Morgan fingerprint density at radius 3 is 3.05 bits per heavy atom. The predicted octanol–water partition coefficient (Wildman–Crippen LogP) is 1.59. The van der Waals surface area contributed by atoms with Crippen LogP contribution >= 0.6 is 0 Å². The summed E-state index contributed by atoms with van der Waals surface area (Å²) in [6, 6.07) is 8.39. The Hall–Kier alpha value is -1.10. The van der Waals surface area contributed by atoms with Gasteiger partial charge in [-0.3, -0.25) is 4.90 Å². The van der Waals surface area contributed by atoms with Crippen molar-refractivity contribution >= 4 is 0 Å². The number of ether oxygens (including phenoxy) is 1. The van der Waals surface area contributed by atoms with Crippen molar-refractivity contribution in [3.63, 3.8) is 0 Å². The quantitative estimate of drug-likeness (QED) is 0.848. The number of morpholine rings is 1. The summed E-state index contributed by atoms with van der Waals surface area (Å²) in [4.78, 5) is 2.42. The Bertz CT molecular complexity index is 395. The van der Waals surface area contributed by atoms with Crippen LogP contribution in [-0.4, -0.2) is 48.4 Å². The first-order valence-corrected chi connectivity index (χ1v) is 6.98. The zero-order valence-electron chi connectivity index (χ0n) is 11.8. The van der Waals surface area contributed by atoms with Gasteiger partial charge in [0.1, 0.15) is 5.75 Å². The van der Waals surface area contributed by atoms with Crippen LogP contribution in [0.15, 0.2) is 24.3 Å². The largest absolute Gasteiger partial charge is 0.508 e. The molecule has 2 rings (SSSR count). The van der Waals surface area contributed by atoms with Crippen molar-refractivity contribution in [1.29, 1.82) is 0 Å². The van der Waals surface area contributed by atoms with Gasteiger partial charge in [0.2, 0.25) is 0 Å². The lowest BCUT2D eigenvalue weighted by Gasteiger charge is -2.36. The molecule has 1 saturated heterocycles. The Kier molecular flexibility index (Phi) is 5.19. The van der Waals surface area contributed by atoms with Crippen LogP contribution in [0.4, 0.5) is 0 Å². The third-order valence-electron chi connectivity index (χ3n) is 3.41. The van der Waals surface area contributed by atoms with Crippen LogP contribution < -0.4 is 5.32 Å². The van der Waals surface area contributed by atoms with Gasteiger partial charge >= 0.3 is 0 Å². The highest BCUT2D eigenvalue weighted by atomic mass is 16.5. The summed E-state index contributed by atoms with van der Waals surface area (Å²) in [6.07, 6.45) is 0. The number of aromatic hydroxyl groups is 1. The van der Waals surface area contributed by atoms with Crippen molar-refractivity contribution in [2.45, 2.75) is 32.5 Å². The summed E-state index contributed by atoms with van der Waals surface area (Å²) >= 11 is 0. The van der Waals surface area contributed by atoms with Crippen molar-refractivity contribution in [2.24, 2.45) is 0 Å². The number of hydrogen-bond donors (Lipinski definition) is 2. The maximum absolute atomic E-state index is 9.53. The lowest BCUT2D eigenvalue weighted by Crippen LogP contribution is -2.50. The van der Waals surface area contributed by atoms with E-state index in [-0.39, 0.29) is 0 Å². The van der Waals surface area contributed by atoms with E-state index in [0.29, 0.717) is 17.8 Å². The molecule has 4 heteroatoms. The molecule has 1 heterocycles. The molecule has 0 bridgehead atoms. The summed E-state index contributed by atoms with van der Waals surface area (Å²) in [5, 5.41) is 13.0. The monoisotopic (exact) mass is 264 g/mol. The molecule has 0 amide bonds. The van der Waals surface area contributed by atoms with Crippen LogP contribution in [0.5, 0.6) is 5.75 Å². The average molecular weight is 264 g/mol. The van der Waals surface area contributed by atoms with E-state index in [1.54, 1.807) is 6.07 Å². The van der Waals surface area contributed by atoms with E-state index < -0.39 is 0 Å². The molecule has 1 aliphatic heterocycles. The third-order valence-corrected chi connectivity index (χ3v) is 3.41. The summed E-state index contributed by atoms with van der Waals surface area (Å²) in [5.74, 6) is 0.336. The number of phenols is 1. The molecule has 4 nitrogen and oxygen atoms in total. The van der Waals surface area contributed by atoms with E-state index in [4.69, 9.17) is 4.74 Å². The van der Waals surface area contributed by atoms with Gasteiger partial charge in [-0.05, 0) is 17.7 Å². The molecule has 0 radical (unpaired) electrons. The van der Waals surface area contributed by atoms with Gasteiger partial charge in [0.05, 0.1) is 13.2 Å². The van der Waals surface area contributed by atoms with Gasteiger partial charge in [-0.1, -0.05) is 26.0 Å². The molecule has 1 aliphatic rings.